The van der Waals surface area contributed by atoms with Gasteiger partial charge in [-0.1, -0.05) is 0 Å². The standard InChI is InChI=1S/C13H14F6N2O2/c1-6-7(9(22)23)21(20-8(6)11(2,16)17)5-12(10(14)15)3-13(18,19)4-12/h10H,3-5H2,1-2H3,(H,22,23). The van der Waals surface area contributed by atoms with Crippen LogP contribution in [0.3, 0.4) is 0 Å². The van der Waals surface area contributed by atoms with Gasteiger partial charge in [0.25, 0.3) is 5.92 Å². The summed E-state index contributed by atoms with van der Waals surface area (Å²) in [5, 5.41) is 12.5. The number of carboxylic acid groups (broad SMARTS) is 1. The number of hydrogen-bond acceptors (Lipinski definition) is 2. The first-order valence-electron chi connectivity index (χ1n) is 6.64. The van der Waals surface area contributed by atoms with Crippen molar-refractivity contribution in [2.45, 2.75) is 51.5 Å². The van der Waals surface area contributed by atoms with E-state index in [-0.39, 0.29) is 5.56 Å². The summed E-state index contributed by atoms with van der Waals surface area (Å²) in [4.78, 5) is 11.2. The van der Waals surface area contributed by atoms with Crippen LogP contribution in [-0.2, 0) is 12.5 Å². The molecule has 1 aliphatic rings. The second-order valence-electron chi connectivity index (χ2n) is 6.05. The van der Waals surface area contributed by atoms with Gasteiger partial charge in [-0.2, -0.15) is 13.9 Å². The molecule has 1 saturated carbocycles. The molecule has 1 aliphatic carbocycles. The Bertz CT molecular complexity index is 627. The van der Waals surface area contributed by atoms with Crippen molar-refractivity contribution < 1.29 is 36.2 Å². The van der Waals surface area contributed by atoms with Crippen molar-refractivity contribution in [3.05, 3.63) is 17.0 Å². The third-order valence-electron chi connectivity index (χ3n) is 3.96. The predicted octanol–water partition coefficient (Wildman–Crippen LogP) is 3.68. The summed E-state index contributed by atoms with van der Waals surface area (Å²) >= 11 is 0. The fourth-order valence-electron chi connectivity index (χ4n) is 2.97. The van der Waals surface area contributed by atoms with Crippen LogP contribution in [0, 0.1) is 12.3 Å². The van der Waals surface area contributed by atoms with Gasteiger partial charge in [0.1, 0.15) is 11.4 Å². The van der Waals surface area contributed by atoms with Crippen molar-refractivity contribution in [1.82, 2.24) is 9.78 Å². The first kappa shape index (κ1) is 17.6. The molecular weight excluding hydrogens is 330 g/mol. The minimum absolute atomic E-state index is 0.375. The lowest BCUT2D eigenvalue weighted by molar-refractivity contribution is -0.217. The van der Waals surface area contributed by atoms with Crippen LogP contribution < -0.4 is 0 Å². The Morgan fingerprint density at radius 2 is 1.91 bits per heavy atom. The highest BCUT2D eigenvalue weighted by Crippen LogP contribution is 2.56. The molecule has 130 valence electrons. The smallest absolute Gasteiger partial charge is 0.354 e. The molecule has 0 spiro atoms. The van der Waals surface area contributed by atoms with Gasteiger partial charge in [0, 0.05) is 25.3 Å². The van der Waals surface area contributed by atoms with Crippen molar-refractivity contribution in [3.63, 3.8) is 0 Å². The predicted molar refractivity (Wildman–Crippen MR) is 66.1 cm³/mol. The summed E-state index contributed by atoms with van der Waals surface area (Å²) in [5.41, 5.74) is -4.12. The van der Waals surface area contributed by atoms with Gasteiger partial charge < -0.3 is 5.11 Å². The number of aromatic carboxylic acids is 1. The van der Waals surface area contributed by atoms with E-state index in [0.29, 0.717) is 11.6 Å². The van der Waals surface area contributed by atoms with Crippen LogP contribution in [0.4, 0.5) is 26.3 Å². The number of carbonyl (C=O) groups is 1. The number of aromatic nitrogens is 2. The minimum atomic E-state index is -3.49. The number of halogens is 6. The van der Waals surface area contributed by atoms with E-state index in [1.54, 1.807) is 0 Å². The Labute approximate surface area is 127 Å². The number of rotatable bonds is 5. The molecule has 2 rings (SSSR count). The lowest BCUT2D eigenvalue weighted by atomic mass is 9.66. The van der Waals surface area contributed by atoms with Gasteiger partial charge in [-0.3, -0.25) is 4.68 Å². The Morgan fingerprint density at radius 1 is 1.39 bits per heavy atom. The first-order valence-corrected chi connectivity index (χ1v) is 6.64. The Balaban J connectivity index is 2.45. The summed E-state index contributed by atoms with van der Waals surface area (Å²) in [6.45, 7) is 0.696. The molecule has 23 heavy (non-hydrogen) atoms. The first-order chi connectivity index (χ1) is 10.3. The van der Waals surface area contributed by atoms with E-state index in [4.69, 9.17) is 5.11 Å². The maximum absolute atomic E-state index is 13.4. The lowest BCUT2D eigenvalue weighted by Crippen LogP contribution is -2.53. The van der Waals surface area contributed by atoms with Crippen molar-refractivity contribution in [1.29, 1.82) is 0 Å². The van der Waals surface area contributed by atoms with Gasteiger partial charge in [0.2, 0.25) is 12.3 Å². The van der Waals surface area contributed by atoms with Crippen LogP contribution in [0.1, 0.15) is 41.5 Å². The molecule has 0 aromatic carbocycles. The third kappa shape index (κ3) is 3.02. The van der Waals surface area contributed by atoms with Gasteiger partial charge >= 0.3 is 5.97 Å². The van der Waals surface area contributed by atoms with Gasteiger partial charge in [0.15, 0.2) is 0 Å². The molecule has 1 aromatic rings. The van der Waals surface area contributed by atoms with E-state index in [1.165, 1.54) is 0 Å². The molecule has 0 saturated heterocycles. The van der Waals surface area contributed by atoms with Gasteiger partial charge in [0.05, 0.1) is 12.0 Å². The van der Waals surface area contributed by atoms with E-state index in [2.05, 4.69) is 5.10 Å². The fourth-order valence-corrected chi connectivity index (χ4v) is 2.97. The highest BCUT2D eigenvalue weighted by atomic mass is 19.3. The zero-order valence-electron chi connectivity index (χ0n) is 12.2. The molecule has 10 heteroatoms. The van der Waals surface area contributed by atoms with Gasteiger partial charge in [-0.15, -0.1) is 0 Å². The van der Waals surface area contributed by atoms with Crippen molar-refractivity contribution >= 4 is 5.97 Å². The van der Waals surface area contributed by atoms with Crippen LogP contribution in [0.5, 0.6) is 0 Å². The van der Waals surface area contributed by atoms with E-state index < -0.39 is 60.4 Å². The molecule has 0 atom stereocenters. The van der Waals surface area contributed by atoms with Gasteiger partial charge in [-0.25, -0.2) is 22.4 Å². The summed E-state index contributed by atoms with van der Waals surface area (Å²) in [7, 11) is 0. The van der Waals surface area contributed by atoms with Crippen LogP contribution >= 0.6 is 0 Å². The zero-order chi connectivity index (χ0) is 17.8. The maximum atomic E-state index is 13.4. The monoisotopic (exact) mass is 344 g/mol. The van der Waals surface area contributed by atoms with Crippen molar-refractivity contribution in [3.8, 4) is 0 Å². The highest BCUT2D eigenvalue weighted by Gasteiger charge is 2.62. The molecule has 0 radical (unpaired) electrons. The van der Waals surface area contributed by atoms with E-state index in [9.17, 15) is 31.1 Å². The lowest BCUT2D eigenvalue weighted by Gasteiger charge is -2.46. The van der Waals surface area contributed by atoms with Gasteiger partial charge in [-0.05, 0) is 6.92 Å². The highest BCUT2D eigenvalue weighted by molar-refractivity contribution is 5.87. The quantitative estimate of drug-likeness (QED) is 0.829. The molecule has 1 aromatic heterocycles. The van der Waals surface area contributed by atoms with Crippen LogP contribution in [0.25, 0.3) is 0 Å². The second-order valence-corrected chi connectivity index (χ2v) is 6.05. The number of hydrogen-bond donors (Lipinski definition) is 1. The molecule has 1 heterocycles. The van der Waals surface area contributed by atoms with Crippen molar-refractivity contribution in [2.24, 2.45) is 5.41 Å². The average Bonchev–Trinajstić information content (AvgIpc) is 2.62. The molecule has 0 aliphatic heterocycles. The van der Waals surface area contributed by atoms with Crippen molar-refractivity contribution in [2.75, 3.05) is 0 Å². The van der Waals surface area contributed by atoms with Crippen LogP contribution in [0.15, 0.2) is 0 Å². The minimum Gasteiger partial charge on any atom is -0.477 e. The van der Waals surface area contributed by atoms with E-state index in [1.807, 2.05) is 0 Å². The maximum Gasteiger partial charge on any atom is 0.354 e. The van der Waals surface area contributed by atoms with Crippen LogP contribution in [-0.4, -0.2) is 33.2 Å². The largest absolute Gasteiger partial charge is 0.477 e. The average molecular weight is 344 g/mol. The second kappa shape index (κ2) is 5.13. The molecule has 4 nitrogen and oxygen atoms in total. The molecular formula is C13H14F6N2O2. The van der Waals surface area contributed by atoms with Crippen LogP contribution in [0.2, 0.25) is 0 Å². The fraction of sp³-hybridized carbons (Fsp3) is 0.692. The number of alkyl halides is 6. The molecule has 1 N–H and O–H groups in total. The summed E-state index contributed by atoms with van der Waals surface area (Å²) in [5.74, 6) is -8.40. The number of nitrogens with zero attached hydrogens (tertiary/aromatic N) is 2. The molecule has 0 amide bonds. The Hall–Kier alpha value is -1.74. The van der Waals surface area contributed by atoms with E-state index >= 15 is 0 Å². The molecule has 0 bridgehead atoms. The normalized spacial score (nSPS) is 19.7. The molecule has 0 unspecified atom stereocenters. The topological polar surface area (TPSA) is 55.1 Å². The number of carboxylic acids is 1. The third-order valence-corrected chi connectivity index (χ3v) is 3.96. The zero-order valence-corrected chi connectivity index (χ0v) is 12.2. The van der Waals surface area contributed by atoms with E-state index in [0.717, 1.165) is 6.92 Å². The SMILES string of the molecule is Cc1c(C(C)(F)F)nn(CC2(C(F)F)CC(F)(F)C2)c1C(=O)O. The Kier molecular flexibility index (Phi) is 3.93. The summed E-state index contributed by atoms with van der Waals surface area (Å²) in [6.07, 6.45) is -5.44. The molecule has 1 fully saturated rings. The summed E-state index contributed by atoms with van der Waals surface area (Å²) < 4.78 is 79.8. The Morgan fingerprint density at radius 3 is 2.26 bits per heavy atom. The summed E-state index contributed by atoms with van der Waals surface area (Å²) in [6, 6.07) is 0.